The molecule has 0 bridgehead atoms. The van der Waals surface area contributed by atoms with E-state index < -0.39 is 23.6 Å². The highest BCUT2D eigenvalue weighted by atomic mass is 35.5. The first-order valence-electron chi connectivity index (χ1n) is 9.59. The van der Waals surface area contributed by atoms with Crippen molar-refractivity contribution in [1.82, 2.24) is 0 Å². The van der Waals surface area contributed by atoms with Crippen LogP contribution in [-0.2, 0) is 6.18 Å². The van der Waals surface area contributed by atoms with Gasteiger partial charge in [0.1, 0.15) is 0 Å². The lowest BCUT2D eigenvalue weighted by Crippen LogP contribution is -2.30. The van der Waals surface area contributed by atoms with Crippen molar-refractivity contribution in [3.05, 3.63) is 87.9 Å². The average molecular weight is 490 g/mol. The molecule has 5 nitrogen and oxygen atoms in total. The smallest absolute Gasteiger partial charge is 0.332 e. The number of carbonyl (C=O) groups excluding carboxylic acids is 2. The number of thiocarbonyl (C=S) groups is 1. The molecule has 0 saturated carbocycles. The highest BCUT2D eigenvalue weighted by molar-refractivity contribution is 7.80. The monoisotopic (exact) mass is 489 g/mol. The Balaban J connectivity index is 1.51. The first kappa shape index (κ1) is 22.8. The SMILES string of the molecule is Cc1cc(NC(=S)Nc2cccc(C(F)(F)F)c2)ccc1N1C(=O)c2cccc(Cl)c2C1=O. The van der Waals surface area contributed by atoms with Gasteiger partial charge in [-0.05, 0) is 73.2 Å². The van der Waals surface area contributed by atoms with Crippen LogP contribution >= 0.6 is 23.8 Å². The second-order valence-corrected chi connectivity index (χ2v) is 8.08. The zero-order valence-electron chi connectivity index (χ0n) is 17.0. The van der Waals surface area contributed by atoms with Gasteiger partial charge in [0.15, 0.2) is 5.11 Å². The van der Waals surface area contributed by atoms with Crippen molar-refractivity contribution in [2.24, 2.45) is 0 Å². The summed E-state index contributed by atoms with van der Waals surface area (Å²) >= 11 is 11.3. The van der Waals surface area contributed by atoms with Gasteiger partial charge in [-0.3, -0.25) is 9.59 Å². The van der Waals surface area contributed by atoms with E-state index in [4.69, 9.17) is 23.8 Å². The molecule has 168 valence electrons. The molecule has 0 spiro atoms. The molecular formula is C23H15ClF3N3O2S. The number of anilines is 3. The Labute approximate surface area is 197 Å². The Morgan fingerprint density at radius 1 is 0.939 bits per heavy atom. The zero-order valence-corrected chi connectivity index (χ0v) is 18.5. The van der Waals surface area contributed by atoms with Crippen LogP contribution in [0, 0.1) is 6.92 Å². The molecule has 0 radical (unpaired) electrons. The molecule has 3 aromatic carbocycles. The van der Waals surface area contributed by atoms with E-state index in [0.29, 0.717) is 16.9 Å². The van der Waals surface area contributed by atoms with Crippen LogP contribution in [0.1, 0.15) is 31.8 Å². The van der Waals surface area contributed by atoms with Gasteiger partial charge in [0, 0.05) is 11.4 Å². The second-order valence-electron chi connectivity index (χ2n) is 7.27. The third kappa shape index (κ3) is 4.42. The maximum atomic E-state index is 12.9. The van der Waals surface area contributed by atoms with Crippen LogP contribution in [0.3, 0.4) is 0 Å². The quantitative estimate of drug-likeness (QED) is 0.335. The summed E-state index contributed by atoms with van der Waals surface area (Å²) in [5, 5.41) is 5.88. The topological polar surface area (TPSA) is 61.4 Å². The van der Waals surface area contributed by atoms with Gasteiger partial charge in [0.05, 0.1) is 27.4 Å². The third-order valence-corrected chi connectivity index (χ3v) is 5.53. The standard InChI is InChI=1S/C23H15ClF3N3O2S/c1-12-10-15(29-22(33)28-14-5-2-4-13(11-14)23(25,26)27)8-9-18(12)30-20(31)16-6-3-7-17(24)19(16)21(30)32/h2-11H,1H3,(H2,28,29,33). The highest BCUT2D eigenvalue weighted by Crippen LogP contribution is 2.35. The Morgan fingerprint density at radius 3 is 2.24 bits per heavy atom. The van der Waals surface area contributed by atoms with Gasteiger partial charge < -0.3 is 10.6 Å². The maximum absolute atomic E-state index is 12.9. The van der Waals surface area contributed by atoms with Crippen molar-refractivity contribution in [1.29, 1.82) is 0 Å². The number of alkyl halides is 3. The van der Waals surface area contributed by atoms with Gasteiger partial charge in [-0.2, -0.15) is 13.2 Å². The van der Waals surface area contributed by atoms with Crippen molar-refractivity contribution in [3.8, 4) is 0 Å². The number of fused-ring (bicyclic) bond motifs is 1. The number of carbonyl (C=O) groups is 2. The second kappa shape index (κ2) is 8.49. The molecule has 2 amide bonds. The molecule has 2 N–H and O–H groups in total. The van der Waals surface area contributed by atoms with Crippen molar-refractivity contribution in [2.75, 3.05) is 15.5 Å². The summed E-state index contributed by atoms with van der Waals surface area (Å²) in [6.45, 7) is 1.72. The summed E-state index contributed by atoms with van der Waals surface area (Å²) in [5.41, 5.74) is 1.30. The molecule has 1 aliphatic rings. The zero-order chi connectivity index (χ0) is 23.9. The van der Waals surface area contributed by atoms with Crippen LogP contribution < -0.4 is 15.5 Å². The van der Waals surface area contributed by atoms with Gasteiger partial charge in [0.25, 0.3) is 11.8 Å². The number of nitrogens with one attached hydrogen (secondary N) is 2. The number of halogens is 4. The number of benzene rings is 3. The molecule has 0 aromatic heterocycles. The number of aryl methyl sites for hydroxylation is 1. The molecule has 3 aromatic rings. The molecule has 0 saturated heterocycles. The largest absolute Gasteiger partial charge is 0.416 e. The van der Waals surface area contributed by atoms with E-state index in [2.05, 4.69) is 10.6 Å². The molecule has 1 aliphatic heterocycles. The van der Waals surface area contributed by atoms with E-state index >= 15 is 0 Å². The number of amides is 2. The predicted molar refractivity (Wildman–Crippen MR) is 125 cm³/mol. The van der Waals surface area contributed by atoms with Crippen LogP contribution in [0.2, 0.25) is 5.02 Å². The summed E-state index contributed by atoms with van der Waals surface area (Å²) < 4.78 is 38.7. The van der Waals surface area contributed by atoms with Gasteiger partial charge in [0.2, 0.25) is 0 Å². The molecular weight excluding hydrogens is 475 g/mol. The average Bonchev–Trinajstić information content (AvgIpc) is 2.99. The molecule has 1 heterocycles. The molecule has 0 aliphatic carbocycles. The third-order valence-electron chi connectivity index (χ3n) is 5.01. The molecule has 33 heavy (non-hydrogen) atoms. The first-order chi connectivity index (χ1) is 15.6. The van der Waals surface area contributed by atoms with Crippen molar-refractivity contribution < 1.29 is 22.8 Å². The fourth-order valence-corrected chi connectivity index (χ4v) is 4.00. The maximum Gasteiger partial charge on any atom is 0.416 e. The number of hydrogen-bond donors (Lipinski definition) is 2. The van der Waals surface area contributed by atoms with E-state index in [1.807, 2.05) is 0 Å². The summed E-state index contributed by atoms with van der Waals surface area (Å²) in [6, 6.07) is 14.2. The fraction of sp³-hybridized carbons (Fsp3) is 0.0870. The van der Waals surface area contributed by atoms with Gasteiger partial charge >= 0.3 is 6.18 Å². The summed E-state index contributed by atoms with van der Waals surface area (Å²) in [5.74, 6) is -0.978. The van der Waals surface area contributed by atoms with Crippen molar-refractivity contribution in [2.45, 2.75) is 13.1 Å². The first-order valence-corrected chi connectivity index (χ1v) is 10.4. The van der Waals surface area contributed by atoms with E-state index in [1.54, 1.807) is 43.3 Å². The minimum absolute atomic E-state index is 0.0778. The minimum Gasteiger partial charge on any atom is -0.332 e. The lowest BCUT2D eigenvalue weighted by molar-refractivity contribution is -0.137. The van der Waals surface area contributed by atoms with E-state index in [9.17, 15) is 22.8 Å². The number of nitrogens with zero attached hydrogens (tertiary/aromatic N) is 1. The van der Waals surface area contributed by atoms with Crippen LogP contribution in [0.15, 0.2) is 60.7 Å². The van der Waals surface area contributed by atoms with E-state index in [-0.39, 0.29) is 26.9 Å². The lowest BCUT2D eigenvalue weighted by atomic mass is 10.1. The Morgan fingerprint density at radius 2 is 1.61 bits per heavy atom. The van der Waals surface area contributed by atoms with Crippen LogP contribution in [0.4, 0.5) is 30.2 Å². The lowest BCUT2D eigenvalue weighted by Gasteiger charge is -2.18. The normalized spacial score (nSPS) is 13.2. The fourth-order valence-electron chi connectivity index (χ4n) is 3.51. The minimum atomic E-state index is -4.46. The Hall–Kier alpha value is -3.43. The van der Waals surface area contributed by atoms with Gasteiger partial charge in [-0.25, -0.2) is 4.90 Å². The summed E-state index contributed by atoms with van der Waals surface area (Å²) in [4.78, 5) is 26.7. The number of rotatable bonds is 3. The Bertz CT molecular complexity index is 1310. The van der Waals surface area contributed by atoms with Crippen LogP contribution in [-0.4, -0.2) is 16.9 Å². The molecule has 4 rings (SSSR count). The van der Waals surface area contributed by atoms with E-state index in [0.717, 1.165) is 17.0 Å². The Kier molecular flexibility index (Phi) is 5.85. The molecule has 10 heteroatoms. The van der Waals surface area contributed by atoms with Crippen molar-refractivity contribution >= 4 is 57.8 Å². The highest BCUT2D eigenvalue weighted by Gasteiger charge is 2.38. The molecule has 0 atom stereocenters. The number of hydrogen-bond acceptors (Lipinski definition) is 3. The summed E-state index contributed by atoms with van der Waals surface area (Å²) in [7, 11) is 0. The molecule has 0 fully saturated rings. The predicted octanol–water partition coefficient (Wildman–Crippen LogP) is 6.28. The van der Waals surface area contributed by atoms with Crippen LogP contribution in [0.25, 0.3) is 0 Å². The van der Waals surface area contributed by atoms with E-state index in [1.165, 1.54) is 12.1 Å². The number of imide groups is 1. The van der Waals surface area contributed by atoms with Crippen molar-refractivity contribution in [3.63, 3.8) is 0 Å². The molecule has 0 unspecified atom stereocenters. The summed E-state index contributed by atoms with van der Waals surface area (Å²) in [6.07, 6.45) is -4.46. The van der Waals surface area contributed by atoms with Crippen LogP contribution in [0.5, 0.6) is 0 Å². The van der Waals surface area contributed by atoms with Gasteiger partial charge in [-0.15, -0.1) is 0 Å². The van der Waals surface area contributed by atoms with Gasteiger partial charge in [-0.1, -0.05) is 23.7 Å².